The maximum Gasteiger partial charge on any atom is 0.261 e. The summed E-state index contributed by atoms with van der Waals surface area (Å²) in [7, 11) is -3.61. The van der Waals surface area contributed by atoms with Crippen molar-refractivity contribution in [2.45, 2.75) is 18.2 Å². The molecule has 0 bridgehead atoms. The molecule has 0 radical (unpaired) electrons. The molecule has 1 rings (SSSR count). The molecule has 4 nitrogen and oxygen atoms in total. The second-order valence-corrected chi connectivity index (χ2v) is 5.36. The van der Waals surface area contributed by atoms with Gasteiger partial charge in [-0.05, 0) is 18.6 Å². The van der Waals surface area contributed by atoms with Crippen LogP contribution in [0.3, 0.4) is 0 Å². The van der Waals surface area contributed by atoms with Crippen molar-refractivity contribution in [1.29, 1.82) is 0 Å². The van der Waals surface area contributed by atoms with Crippen molar-refractivity contribution in [2.75, 3.05) is 19.8 Å². The van der Waals surface area contributed by atoms with Gasteiger partial charge < -0.3 is 4.74 Å². The number of sulfonamides is 1. The summed E-state index contributed by atoms with van der Waals surface area (Å²) in [6, 6.07) is 6.52. The van der Waals surface area contributed by atoms with Crippen LogP contribution in [-0.2, 0) is 14.8 Å². The van der Waals surface area contributed by atoms with E-state index in [9.17, 15) is 17.2 Å². The first kappa shape index (κ1) is 15.0. The smallest absolute Gasteiger partial charge is 0.261 e. The normalized spacial score (nSPS) is 12.0. The molecule has 0 aliphatic heterocycles. The standard InChI is InChI=1S/C11H15F2NO3S/c1-9-4-2-3-5-10(9)18(15,16)14-6-7-17-8-11(12)13/h2-5,11,14H,6-8H2,1H3. The third kappa shape index (κ3) is 4.67. The molecule has 0 fully saturated rings. The van der Waals surface area contributed by atoms with E-state index in [4.69, 9.17) is 0 Å². The van der Waals surface area contributed by atoms with Gasteiger partial charge in [0.2, 0.25) is 10.0 Å². The van der Waals surface area contributed by atoms with Gasteiger partial charge in [-0.1, -0.05) is 18.2 Å². The van der Waals surface area contributed by atoms with E-state index >= 15 is 0 Å². The van der Waals surface area contributed by atoms with Gasteiger partial charge in [-0.2, -0.15) is 0 Å². The number of halogens is 2. The van der Waals surface area contributed by atoms with Crippen LogP contribution in [-0.4, -0.2) is 34.6 Å². The zero-order valence-electron chi connectivity index (χ0n) is 9.90. The van der Waals surface area contributed by atoms with Crippen LogP contribution in [0.5, 0.6) is 0 Å². The number of nitrogens with one attached hydrogen (secondary N) is 1. The monoisotopic (exact) mass is 279 g/mol. The van der Waals surface area contributed by atoms with Crippen LogP contribution in [0.4, 0.5) is 8.78 Å². The van der Waals surface area contributed by atoms with Gasteiger partial charge in [0.1, 0.15) is 6.61 Å². The summed E-state index contributed by atoms with van der Waals surface area (Å²) >= 11 is 0. The van der Waals surface area contributed by atoms with Crippen LogP contribution in [0.15, 0.2) is 29.2 Å². The second-order valence-electron chi connectivity index (χ2n) is 3.63. The molecule has 1 aromatic carbocycles. The number of rotatable bonds is 7. The van der Waals surface area contributed by atoms with E-state index < -0.39 is 23.1 Å². The maximum atomic E-state index is 11.8. The summed E-state index contributed by atoms with van der Waals surface area (Å²) < 4.78 is 54.0. The predicted octanol–water partition coefficient (Wildman–Crippen LogP) is 1.56. The molecule has 0 unspecified atom stereocenters. The highest BCUT2D eigenvalue weighted by Gasteiger charge is 2.15. The minimum absolute atomic E-state index is 0.0383. The van der Waals surface area contributed by atoms with E-state index in [0.29, 0.717) is 5.56 Å². The first-order chi connectivity index (χ1) is 8.43. The van der Waals surface area contributed by atoms with E-state index in [0.717, 1.165) is 0 Å². The molecule has 0 aliphatic carbocycles. The fourth-order valence-corrected chi connectivity index (χ4v) is 2.61. The van der Waals surface area contributed by atoms with Crippen LogP contribution in [0.1, 0.15) is 5.56 Å². The van der Waals surface area contributed by atoms with Gasteiger partial charge in [0, 0.05) is 6.54 Å². The Hall–Kier alpha value is -1.05. The van der Waals surface area contributed by atoms with Crippen LogP contribution in [0.2, 0.25) is 0 Å². The van der Waals surface area contributed by atoms with Crippen molar-refractivity contribution >= 4 is 10.0 Å². The van der Waals surface area contributed by atoms with Gasteiger partial charge in [-0.15, -0.1) is 0 Å². The molecular weight excluding hydrogens is 264 g/mol. The summed E-state index contributed by atoms with van der Waals surface area (Å²) in [6.07, 6.45) is -2.54. The summed E-state index contributed by atoms with van der Waals surface area (Å²) in [4.78, 5) is 0.179. The van der Waals surface area contributed by atoms with E-state index in [1.54, 1.807) is 25.1 Å². The van der Waals surface area contributed by atoms with Crippen LogP contribution >= 0.6 is 0 Å². The predicted molar refractivity (Wildman–Crippen MR) is 63.2 cm³/mol. The molecule has 0 atom stereocenters. The van der Waals surface area contributed by atoms with Crippen molar-refractivity contribution in [2.24, 2.45) is 0 Å². The fourth-order valence-electron chi connectivity index (χ4n) is 1.36. The molecule has 0 aliphatic rings. The molecule has 0 amide bonds. The fraction of sp³-hybridized carbons (Fsp3) is 0.455. The first-order valence-corrected chi connectivity index (χ1v) is 6.83. The van der Waals surface area contributed by atoms with Gasteiger partial charge in [0.15, 0.2) is 0 Å². The highest BCUT2D eigenvalue weighted by atomic mass is 32.2. The Balaban J connectivity index is 2.49. The number of ether oxygens (including phenoxy) is 1. The molecule has 1 aromatic rings. The topological polar surface area (TPSA) is 55.4 Å². The molecule has 0 saturated carbocycles. The van der Waals surface area contributed by atoms with Gasteiger partial charge in [0.25, 0.3) is 6.43 Å². The lowest BCUT2D eigenvalue weighted by molar-refractivity contribution is 0.0199. The zero-order chi connectivity index (χ0) is 13.6. The Morgan fingerprint density at radius 1 is 1.33 bits per heavy atom. The molecule has 102 valence electrons. The molecular formula is C11H15F2NO3S. The Labute approximate surface area is 105 Å². The van der Waals surface area contributed by atoms with Crippen LogP contribution < -0.4 is 4.72 Å². The van der Waals surface area contributed by atoms with Crippen molar-refractivity contribution < 1.29 is 21.9 Å². The van der Waals surface area contributed by atoms with E-state index in [1.807, 2.05) is 0 Å². The third-order valence-corrected chi connectivity index (χ3v) is 3.79. The number of hydrogen-bond acceptors (Lipinski definition) is 3. The Morgan fingerprint density at radius 3 is 2.61 bits per heavy atom. The average molecular weight is 279 g/mol. The largest absolute Gasteiger partial charge is 0.374 e. The quantitative estimate of drug-likeness (QED) is 0.771. The van der Waals surface area contributed by atoms with Gasteiger partial charge in [-0.3, -0.25) is 0 Å². The minimum atomic E-state index is -3.61. The minimum Gasteiger partial charge on any atom is -0.374 e. The van der Waals surface area contributed by atoms with E-state index in [-0.39, 0.29) is 18.0 Å². The molecule has 1 N–H and O–H groups in total. The van der Waals surface area contributed by atoms with Crippen LogP contribution in [0.25, 0.3) is 0 Å². The number of alkyl halides is 2. The molecule has 0 saturated heterocycles. The summed E-state index contributed by atoms with van der Waals surface area (Å²) in [5.41, 5.74) is 0.624. The molecule has 7 heteroatoms. The zero-order valence-corrected chi connectivity index (χ0v) is 10.7. The number of aryl methyl sites for hydroxylation is 1. The highest BCUT2D eigenvalue weighted by Crippen LogP contribution is 2.13. The van der Waals surface area contributed by atoms with Crippen molar-refractivity contribution in [3.63, 3.8) is 0 Å². The summed E-state index contributed by atoms with van der Waals surface area (Å²) in [5, 5.41) is 0. The summed E-state index contributed by atoms with van der Waals surface area (Å²) in [6.45, 7) is 0.868. The van der Waals surface area contributed by atoms with Gasteiger partial charge >= 0.3 is 0 Å². The van der Waals surface area contributed by atoms with Gasteiger partial charge in [-0.25, -0.2) is 21.9 Å². The second kappa shape index (κ2) is 6.77. The number of benzene rings is 1. The maximum absolute atomic E-state index is 11.8. The van der Waals surface area contributed by atoms with Crippen molar-refractivity contribution in [1.82, 2.24) is 4.72 Å². The summed E-state index contributed by atoms with van der Waals surface area (Å²) in [5.74, 6) is 0. The molecule has 18 heavy (non-hydrogen) atoms. The first-order valence-electron chi connectivity index (χ1n) is 5.34. The molecule has 0 aromatic heterocycles. The van der Waals surface area contributed by atoms with E-state index in [1.165, 1.54) is 6.07 Å². The Morgan fingerprint density at radius 2 is 2.00 bits per heavy atom. The van der Waals surface area contributed by atoms with Gasteiger partial charge in [0.05, 0.1) is 11.5 Å². The van der Waals surface area contributed by atoms with Crippen molar-refractivity contribution in [3.05, 3.63) is 29.8 Å². The van der Waals surface area contributed by atoms with Crippen molar-refractivity contribution in [3.8, 4) is 0 Å². The Kier molecular flexibility index (Phi) is 5.64. The van der Waals surface area contributed by atoms with Crippen LogP contribution in [0, 0.1) is 6.92 Å². The Bertz CT molecular complexity index is 477. The molecule has 0 heterocycles. The third-order valence-electron chi connectivity index (χ3n) is 2.17. The number of hydrogen-bond donors (Lipinski definition) is 1. The highest BCUT2D eigenvalue weighted by molar-refractivity contribution is 7.89. The van der Waals surface area contributed by atoms with E-state index in [2.05, 4.69) is 9.46 Å². The molecule has 0 spiro atoms. The SMILES string of the molecule is Cc1ccccc1S(=O)(=O)NCCOCC(F)F. The lowest BCUT2D eigenvalue weighted by Crippen LogP contribution is -2.28. The lowest BCUT2D eigenvalue weighted by atomic mass is 10.2. The average Bonchev–Trinajstić information content (AvgIpc) is 2.28. The lowest BCUT2D eigenvalue weighted by Gasteiger charge is -2.09.